The Morgan fingerprint density at radius 1 is 0.941 bits per heavy atom. The molecule has 2 unspecified atom stereocenters. The van der Waals surface area contributed by atoms with Crippen molar-refractivity contribution in [1.29, 1.82) is 0 Å². The Balaban J connectivity index is 1.60. The zero-order chi connectivity index (χ0) is 24.9. The minimum atomic E-state index is -0.665. The lowest BCUT2D eigenvalue weighted by atomic mass is 9.33. The number of carboxylic acid groups (broad SMARTS) is 1. The van der Waals surface area contributed by atoms with Gasteiger partial charge in [0.25, 0.3) is 0 Å². The van der Waals surface area contributed by atoms with Crippen molar-refractivity contribution in [2.45, 2.75) is 112 Å². The van der Waals surface area contributed by atoms with Crippen LogP contribution in [-0.2, 0) is 4.79 Å². The summed E-state index contributed by atoms with van der Waals surface area (Å²) in [6.07, 6.45) is 11.6. The second kappa shape index (κ2) is 7.34. The molecule has 4 fully saturated rings. The number of hydrogen-bond acceptors (Lipinski definition) is 3. The molecule has 5 aliphatic carbocycles. The van der Waals surface area contributed by atoms with Crippen LogP contribution >= 0.6 is 0 Å². The summed E-state index contributed by atoms with van der Waals surface area (Å²) < 4.78 is 0. The summed E-state index contributed by atoms with van der Waals surface area (Å²) >= 11 is 0. The van der Waals surface area contributed by atoms with Gasteiger partial charge in [0.1, 0.15) is 0 Å². The zero-order valence-electron chi connectivity index (χ0n) is 22.4. The van der Waals surface area contributed by atoms with Crippen molar-refractivity contribution in [3.05, 3.63) is 11.6 Å². The van der Waals surface area contributed by atoms with Gasteiger partial charge in [0.05, 0.1) is 11.5 Å². The highest BCUT2D eigenvalue weighted by Crippen LogP contribution is 2.75. The molecule has 5 aliphatic rings. The monoisotopic (exact) mass is 472 g/mol. The number of aliphatic carboxylic acids is 1. The first-order chi connectivity index (χ1) is 15.7. The van der Waals surface area contributed by atoms with E-state index in [-0.39, 0.29) is 45.7 Å². The molecule has 4 saturated carbocycles. The fraction of sp³-hybridized carbons (Fsp3) is 0.900. The van der Waals surface area contributed by atoms with Crippen molar-refractivity contribution in [2.75, 3.05) is 6.61 Å². The van der Waals surface area contributed by atoms with Gasteiger partial charge in [-0.25, -0.2) is 0 Å². The van der Waals surface area contributed by atoms with E-state index < -0.39 is 11.4 Å². The van der Waals surface area contributed by atoms with E-state index in [4.69, 9.17) is 0 Å². The molecule has 192 valence electrons. The van der Waals surface area contributed by atoms with Crippen molar-refractivity contribution < 1.29 is 20.1 Å². The average Bonchev–Trinajstić information content (AvgIpc) is 2.77. The molecule has 0 heterocycles. The minimum Gasteiger partial charge on any atom is -0.481 e. The van der Waals surface area contributed by atoms with Crippen molar-refractivity contribution in [3.8, 4) is 0 Å². The number of fused-ring (bicyclic) bond motifs is 7. The Kier molecular flexibility index (Phi) is 5.36. The average molecular weight is 473 g/mol. The molecular formula is C30H48O4. The van der Waals surface area contributed by atoms with Gasteiger partial charge in [-0.3, -0.25) is 4.79 Å². The third-order valence-electron chi connectivity index (χ3n) is 13.3. The maximum atomic E-state index is 12.8. The molecule has 4 heteroatoms. The highest BCUT2D eigenvalue weighted by molar-refractivity contribution is 5.76. The van der Waals surface area contributed by atoms with E-state index >= 15 is 0 Å². The van der Waals surface area contributed by atoms with Crippen molar-refractivity contribution in [2.24, 2.45) is 50.2 Å². The van der Waals surface area contributed by atoms with Gasteiger partial charge >= 0.3 is 5.97 Å². The van der Waals surface area contributed by atoms with Crippen LogP contribution in [0.2, 0.25) is 0 Å². The molecule has 0 aromatic carbocycles. The molecule has 0 saturated heterocycles. The fourth-order valence-electron chi connectivity index (χ4n) is 10.7. The Morgan fingerprint density at radius 2 is 1.62 bits per heavy atom. The molecule has 4 nitrogen and oxygen atoms in total. The van der Waals surface area contributed by atoms with Gasteiger partial charge in [-0.05, 0) is 109 Å². The standard InChI is InChI=1S/C30H48O4/c1-25(2)21-9-12-29(6)22(27(21,4)11-10-23(25)32)8-7-19-20-17-26(3,18-31)13-15-30(20,24(33)34)16-14-28(19,29)5/h7,20-23,31-32H,8-18H2,1-6H3,(H,33,34)/t20-,21?,22?,23-,26-,27-,28+,29+,30-/m0/s1. The van der Waals surface area contributed by atoms with Crippen LogP contribution in [0.25, 0.3) is 0 Å². The largest absolute Gasteiger partial charge is 0.481 e. The number of aliphatic hydroxyl groups excluding tert-OH is 2. The Labute approximate surface area is 206 Å². The summed E-state index contributed by atoms with van der Waals surface area (Å²) in [5, 5.41) is 31.6. The lowest BCUT2D eigenvalue weighted by Gasteiger charge is -2.71. The molecule has 5 rings (SSSR count). The Bertz CT molecular complexity index is 907. The molecule has 34 heavy (non-hydrogen) atoms. The quantitative estimate of drug-likeness (QED) is 0.418. The Morgan fingerprint density at radius 3 is 2.26 bits per heavy atom. The third kappa shape index (κ3) is 2.88. The summed E-state index contributed by atoms with van der Waals surface area (Å²) in [4.78, 5) is 12.8. The number of allylic oxidation sites excluding steroid dienone is 2. The number of carbonyl (C=O) groups is 1. The predicted molar refractivity (Wildman–Crippen MR) is 134 cm³/mol. The second-order valence-electron chi connectivity index (χ2n) is 14.9. The third-order valence-corrected chi connectivity index (χ3v) is 13.3. The lowest BCUT2D eigenvalue weighted by molar-refractivity contribution is -0.206. The molecule has 0 radical (unpaired) electrons. The fourth-order valence-corrected chi connectivity index (χ4v) is 10.7. The molecule has 0 spiro atoms. The van der Waals surface area contributed by atoms with E-state index in [0.29, 0.717) is 18.3 Å². The van der Waals surface area contributed by atoms with E-state index in [1.807, 2.05) is 0 Å². The first-order valence-electron chi connectivity index (χ1n) is 13.9. The number of carboxylic acids is 1. The van der Waals surface area contributed by atoms with Crippen LogP contribution in [0.15, 0.2) is 11.6 Å². The topological polar surface area (TPSA) is 77.8 Å². The summed E-state index contributed by atoms with van der Waals surface area (Å²) in [6.45, 7) is 14.4. The van der Waals surface area contributed by atoms with Crippen molar-refractivity contribution in [1.82, 2.24) is 0 Å². The number of rotatable bonds is 2. The number of hydrogen-bond donors (Lipinski definition) is 3. The van der Waals surface area contributed by atoms with E-state index in [9.17, 15) is 20.1 Å². The van der Waals surface area contributed by atoms with E-state index in [1.165, 1.54) is 5.57 Å². The molecular weight excluding hydrogens is 424 g/mol. The first kappa shape index (κ1) is 24.8. The van der Waals surface area contributed by atoms with E-state index in [1.54, 1.807) is 0 Å². The summed E-state index contributed by atoms with van der Waals surface area (Å²) in [5.74, 6) is 0.493. The molecule has 0 amide bonds. The maximum Gasteiger partial charge on any atom is 0.310 e. The van der Waals surface area contributed by atoms with Crippen LogP contribution in [0.3, 0.4) is 0 Å². The van der Waals surface area contributed by atoms with Gasteiger partial charge in [0.15, 0.2) is 0 Å². The van der Waals surface area contributed by atoms with Gasteiger partial charge in [0.2, 0.25) is 0 Å². The van der Waals surface area contributed by atoms with E-state index in [0.717, 1.165) is 57.8 Å². The molecule has 3 N–H and O–H groups in total. The van der Waals surface area contributed by atoms with Gasteiger partial charge in [-0.15, -0.1) is 0 Å². The smallest absolute Gasteiger partial charge is 0.310 e. The predicted octanol–water partition coefficient (Wildman–Crippen LogP) is 6.21. The second-order valence-corrected chi connectivity index (χ2v) is 14.9. The molecule has 0 aromatic rings. The summed E-state index contributed by atoms with van der Waals surface area (Å²) in [6, 6.07) is 0. The molecule has 0 bridgehead atoms. The van der Waals surface area contributed by atoms with Crippen molar-refractivity contribution >= 4 is 5.97 Å². The van der Waals surface area contributed by atoms with Crippen LogP contribution in [0, 0.1) is 50.2 Å². The molecule has 0 aliphatic heterocycles. The first-order valence-corrected chi connectivity index (χ1v) is 13.9. The van der Waals surface area contributed by atoms with Crippen LogP contribution in [0.1, 0.15) is 106 Å². The van der Waals surface area contributed by atoms with Crippen LogP contribution in [0.4, 0.5) is 0 Å². The van der Waals surface area contributed by atoms with Gasteiger partial charge in [0, 0.05) is 6.61 Å². The van der Waals surface area contributed by atoms with Crippen LogP contribution in [-0.4, -0.2) is 34.0 Å². The number of aliphatic hydroxyl groups is 2. The van der Waals surface area contributed by atoms with Gasteiger partial charge in [-0.2, -0.15) is 0 Å². The molecule has 0 aromatic heterocycles. The summed E-state index contributed by atoms with van der Waals surface area (Å²) in [5.41, 5.74) is 0.844. The zero-order valence-corrected chi connectivity index (χ0v) is 22.4. The SMILES string of the molecule is CC1(C)C2CC[C@]3(C)C(CC=C4[C@@H]5C[C@@](C)(CO)CC[C@]5(C(=O)O)CC[C@]43C)[C@@]2(C)CC[C@@H]1O. The maximum absolute atomic E-state index is 12.8. The van der Waals surface area contributed by atoms with Gasteiger partial charge in [-0.1, -0.05) is 53.2 Å². The minimum absolute atomic E-state index is 0.00141. The Hall–Kier alpha value is -0.870. The normalized spacial score (nSPS) is 54.1. The van der Waals surface area contributed by atoms with Crippen LogP contribution < -0.4 is 0 Å². The van der Waals surface area contributed by atoms with E-state index in [2.05, 4.69) is 47.6 Å². The van der Waals surface area contributed by atoms with Crippen molar-refractivity contribution in [3.63, 3.8) is 0 Å². The highest BCUT2D eigenvalue weighted by Gasteiger charge is 2.69. The van der Waals surface area contributed by atoms with Crippen LogP contribution in [0.5, 0.6) is 0 Å². The molecule has 9 atom stereocenters. The summed E-state index contributed by atoms with van der Waals surface area (Å²) in [7, 11) is 0. The van der Waals surface area contributed by atoms with Gasteiger partial charge < -0.3 is 15.3 Å². The highest BCUT2D eigenvalue weighted by atomic mass is 16.4. The lowest BCUT2D eigenvalue weighted by Crippen LogP contribution is -2.65.